The van der Waals surface area contributed by atoms with Crippen LogP contribution in [0.1, 0.15) is 26.3 Å². The molecule has 0 aliphatic carbocycles. The Labute approximate surface area is 176 Å². The first-order valence-electron chi connectivity index (χ1n) is 9.77. The average Bonchev–Trinajstić information content (AvgIpc) is 2.71. The highest BCUT2D eigenvalue weighted by atomic mass is 16.5. The van der Waals surface area contributed by atoms with E-state index in [9.17, 15) is 9.59 Å². The van der Waals surface area contributed by atoms with E-state index in [-0.39, 0.29) is 17.9 Å². The first kappa shape index (κ1) is 21.2. The maximum atomic E-state index is 12.7. The van der Waals surface area contributed by atoms with Crippen LogP contribution in [0.2, 0.25) is 0 Å². The van der Waals surface area contributed by atoms with Gasteiger partial charge in [0.05, 0.1) is 11.4 Å². The number of primary amides is 1. The van der Waals surface area contributed by atoms with Crippen molar-refractivity contribution in [2.45, 2.75) is 26.2 Å². The molecule has 0 aliphatic rings. The van der Waals surface area contributed by atoms with E-state index in [1.54, 1.807) is 13.1 Å². The van der Waals surface area contributed by atoms with Gasteiger partial charge in [-0.15, -0.1) is 0 Å². The molecule has 0 radical (unpaired) electrons. The van der Waals surface area contributed by atoms with Gasteiger partial charge in [0.2, 0.25) is 0 Å². The standard InChI is InChI=1S/C24H27N3O3/c1-24(2,3)17-12-13-21(30-15-22(28)26-4)20(14-17)27(23(25)29)19-11-7-9-16-8-5-6-10-18(16)19/h5-14H,15H2,1-4H3,(H2,25,29)(H,26,28). The molecular weight excluding hydrogens is 378 g/mol. The van der Waals surface area contributed by atoms with Gasteiger partial charge in [0.1, 0.15) is 5.75 Å². The highest BCUT2D eigenvalue weighted by Gasteiger charge is 2.24. The number of fused-ring (bicyclic) bond motifs is 1. The van der Waals surface area contributed by atoms with Gasteiger partial charge in [-0.2, -0.15) is 0 Å². The van der Waals surface area contributed by atoms with E-state index in [4.69, 9.17) is 10.5 Å². The minimum atomic E-state index is -0.637. The zero-order valence-electron chi connectivity index (χ0n) is 17.7. The van der Waals surface area contributed by atoms with Crippen molar-refractivity contribution in [1.82, 2.24) is 5.32 Å². The Balaban J connectivity index is 2.21. The first-order valence-corrected chi connectivity index (χ1v) is 9.77. The Morgan fingerprint density at radius 3 is 2.37 bits per heavy atom. The lowest BCUT2D eigenvalue weighted by atomic mass is 9.86. The van der Waals surface area contributed by atoms with Crippen molar-refractivity contribution in [3.05, 3.63) is 66.2 Å². The number of nitrogens with zero attached hydrogens (tertiary/aromatic N) is 1. The molecule has 30 heavy (non-hydrogen) atoms. The topological polar surface area (TPSA) is 84.7 Å². The van der Waals surface area contributed by atoms with Crippen molar-refractivity contribution in [3.63, 3.8) is 0 Å². The fourth-order valence-corrected chi connectivity index (χ4v) is 3.27. The summed E-state index contributed by atoms with van der Waals surface area (Å²) in [4.78, 5) is 25.8. The van der Waals surface area contributed by atoms with Crippen molar-refractivity contribution in [2.24, 2.45) is 5.73 Å². The number of nitrogens with one attached hydrogen (secondary N) is 1. The summed E-state index contributed by atoms with van der Waals surface area (Å²) in [5, 5.41) is 4.40. The van der Waals surface area contributed by atoms with Gasteiger partial charge >= 0.3 is 6.03 Å². The third-order valence-corrected chi connectivity index (χ3v) is 4.93. The zero-order valence-corrected chi connectivity index (χ0v) is 17.7. The molecule has 0 heterocycles. The van der Waals surface area contributed by atoms with Gasteiger partial charge in [-0.25, -0.2) is 4.79 Å². The zero-order chi connectivity index (χ0) is 21.9. The fourth-order valence-electron chi connectivity index (χ4n) is 3.27. The Bertz CT molecular complexity index is 1080. The lowest BCUT2D eigenvalue weighted by molar-refractivity contribution is -0.122. The summed E-state index contributed by atoms with van der Waals surface area (Å²) in [6.07, 6.45) is 0. The lowest BCUT2D eigenvalue weighted by Gasteiger charge is -2.27. The number of hydrogen-bond donors (Lipinski definition) is 2. The third-order valence-electron chi connectivity index (χ3n) is 4.93. The highest BCUT2D eigenvalue weighted by Crippen LogP contribution is 2.40. The number of carbonyl (C=O) groups is 2. The molecule has 6 nitrogen and oxygen atoms in total. The SMILES string of the molecule is CNC(=O)COc1ccc(C(C)(C)C)cc1N(C(N)=O)c1cccc2ccccc12. The summed E-state index contributed by atoms with van der Waals surface area (Å²) in [7, 11) is 1.54. The van der Waals surface area contributed by atoms with Gasteiger partial charge in [-0.05, 0) is 34.6 Å². The third kappa shape index (κ3) is 4.38. The average molecular weight is 405 g/mol. The largest absolute Gasteiger partial charge is 0.482 e. The maximum Gasteiger partial charge on any atom is 0.324 e. The van der Waals surface area contributed by atoms with Crippen molar-refractivity contribution in [3.8, 4) is 5.75 Å². The van der Waals surface area contributed by atoms with E-state index in [1.165, 1.54) is 4.90 Å². The van der Waals surface area contributed by atoms with E-state index in [0.29, 0.717) is 17.1 Å². The minimum Gasteiger partial charge on any atom is -0.482 e. The number of ether oxygens (including phenoxy) is 1. The van der Waals surface area contributed by atoms with E-state index in [0.717, 1.165) is 16.3 Å². The highest BCUT2D eigenvalue weighted by molar-refractivity contribution is 6.08. The molecule has 0 spiro atoms. The monoisotopic (exact) mass is 405 g/mol. The molecule has 3 rings (SSSR count). The summed E-state index contributed by atoms with van der Waals surface area (Å²) in [5.74, 6) is 0.134. The normalized spacial score (nSPS) is 11.2. The number of nitrogens with two attached hydrogens (primary N) is 1. The molecule has 0 aromatic heterocycles. The van der Waals surface area contributed by atoms with Crippen LogP contribution in [0, 0.1) is 0 Å². The number of amides is 3. The predicted molar refractivity (Wildman–Crippen MR) is 120 cm³/mol. The second kappa shape index (κ2) is 8.45. The number of benzene rings is 3. The molecule has 0 atom stereocenters. The smallest absolute Gasteiger partial charge is 0.324 e. The van der Waals surface area contributed by atoms with Crippen LogP contribution in [-0.4, -0.2) is 25.6 Å². The van der Waals surface area contributed by atoms with Crippen LogP contribution < -0.4 is 20.7 Å². The first-order chi connectivity index (χ1) is 14.2. The molecule has 0 fully saturated rings. The van der Waals surface area contributed by atoms with Crippen molar-refractivity contribution in [1.29, 1.82) is 0 Å². The van der Waals surface area contributed by atoms with Gasteiger partial charge in [-0.3, -0.25) is 9.69 Å². The van der Waals surface area contributed by atoms with Crippen LogP contribution in [0.15, 0.2) is 60.7 Å². The lowest BCUT2D eigenvalue weighted by Crippen LogP contribution is -2.33. The molecular formula is C24H27N3O3. The molecule has 0 bridgehead atoms. The number of carbonyl (C=O) groups excluding carboxylic acids is 2. The van der Waals surface area contributed by atoms with E-state index >= 15 is 0 Å². The van der Waals surface area contributed by atoms with Crippen LogP contribution in [0.5, 0.6) is 5.75 Å². The van der Waals surface area contributed by atoms with Crippen molar-refractivity contribution >= 4 is 34.1 Å². The second-order valence-corrected chi connectivity index (χ2v) is 8.07. The Morgan fingerprint density at radius 2 is 1.70 bits per heavy atom. The second-order valence-electron chi connectivity index (χ2n) is 8.07. The summed E-state index contributed by atoms with van der Waals surface area (Å²) in [5.41, 5.74) is 7.85. The summed E-state index contributed by atoms with van der Waals surface area (Å²) in [6, 6.07) is 18.5. The van der Waals surface area contributed by atoms with Crippen molar-refractivity contribution < 1.29 is 14.3 Å². The van der Waals surface area contributed by atoms with Gasteiger partial charge in [0.15, 0.2) is 6.61 Å². The Morgan fingerprint density at radius 1 is 1.00 bits per heavy atom. The summed E-state index contributed by atoms with van der Waals surface area (Å²) >= 11 is 0. The predicted octanol–water partition coefficient (Wildman–Crippen LogP) is 4.48. The maximum absolute atomic E-state index is 12.7. The van der Waals surface area contributed by atoms with Gasteiger partial charge in [0, 0.05) is 12.4 Å². The molecule has 3 aromatic rings. The Kier molecular flexibility index (Phi) is 5.96. The van der Waals surface area contributed by atoms with Crippen LogP contribution in [0.25, 0.3) is 10.8 Å². The minimum absolute atomic E-state index is 0.157. The molecule has 6 heteroatoms. The summed E-state index contributed by atoms with van der Waals surface area (Å²) < 4.78 is 5.76. The molecule has 0 saturated heterocycles. The molecule has 156 valence electrons. The number of rotatable bonds is 5. The summed E-state index contributed by atoms with van der Waals surface area (Å²) in [6.45, 7) is 6.09. The van der Waals surface area contributed by atoms with E-state index in [1.807, 2.05) is 54.6 Å². The van der Waals surface area contributed by atoms with Crippen LogP contribution in [-0.2, 0) is 10.2 Å². The number of likely N-dealkylation sites (N-methyl/N-ethyl adjacent to an activating group) is 1. The fraction of sp³-hybridized carbons (Fsp3) is 0.250. The molecule has 3 amide bonds. The van der Waals surface area contributed by atoms with Gasteiger partial charge < -0.3 is 15.8 Å². The van der Waals surface area contributed by atoms with Crippen LogP contribution >= 0.6 is 0 Å². The van der Waals surface area contributed by atoms with E-state index < -0.39 is 6.03 Å². The van der Waals surface area contributed by atoms with Crippen LogP contribution in [0.3, 0.4) is 0 Å². The molecule has 3 aromatic carbocycles. The van der Waals surface area contributed by atoms with Crippen molar-refractivity contribution in [2.75, 3.05) is 18.6 Å². The molecule has 0 saturated carbocycles. The quantitative estimate of drug-likeness (QED) is 0.656. The van der Waals surface area contributed by atoms with E-state index in [2.05, 4.69) is 26.1 Å². The van der Waals surface area contributed by atoms with Gasteiger partial charge in [-0.1, -0.05) is 63.2 Å². The molecule has 0 unspecified atom stereocenters. The number of hydrogen-bond acceptors (Lipinski definition) is 3. The Hall–Kier alpha value is -3.54. The van der Waals surface area contributed by atoms with Gasteiger partial charge in [0.25, 0.3) is 5.91 Å². The van der Waals surface area contributed by atoms with Crippen LogP contribution in [0.4, 0.5) is 16.2 Å². The number of urea groups is 1. The molecule has 3 N–H and O–H groups in total. The number of anilines is 2. The molecule has 0 aliphatic heterocycles.